The van der Waals surface area contributed by atoms with Gasteiger partial charge in [-0.05, 0) is 62.2 Å². The zero-order valence-electron chi connectivity index (χ0n) is 11.8. The predicted molar refractivity (Wildman–Crippen MR) is 92.2 cm³/mol. The Morgan fingerprint density at radius 2 is 1.59 bits per heavy atom. The van der Waals surface area contributed by atoms with Crippen LogP contribution in [-0.4, -0.2) is 22.6 Å². The van der Waals surface area contributed by atoms with Crippen molar-refractivity contribution in [1.82, 2.24) is 0 Å². The molecule has 8 heteroatoms. The van der Waals surface area contributed by atoms with Crippen LogP contribution in [0.2, 0.25) is 0 Å². The summed E-state index contributed by atoms with van der Waals surface area (Å²) in [4.78, 5) is 0.0872. The average Bonchev–Trinajstić information content (AvgIpc) is 2.50. The second kappa shape index (κ2) is 6.89. The maximum absolute atomic E-state index is 12.4. The van der Waals surface area contributed by atoms with Gasteiger partial charge in [-0.2, -0.15) is 0 Å². The Kier molecular flexibility index (Phi) is 5.36. The van der Waals surface area contributed by atoms with Gasteiger partial charge in [0.15, 0.2) is 11.5 Å². The topological polar surface area (TPSA) is 64.6 Å². The molecule has 118 valence electrons. The number of hydrogen-bond acceptors (Lipinski definition) is 4. The highest BCUT2D eigenvalue weighted by atomic mass is 79.9. The maximum Gasteiger partial charge on any atom is 0.262 e. The van der Waals surface area contributed by atoms with Crippen LogP contribution in [0.1, 0.15) is 0 Å². The fourth-order valence-corrected chi connectivity index (χ4v) is 3.45. The number of ether oxygens (including phenoxy) is 2. The highest BCUT2D eigenvalue weighted by Gasteiger charge is 2.17. The molecule has 0 atom stereocenters. The van der Waals surface area contributed by atoms with E-state index in [9.17, 15) is 8.42 Å². The first-order valence-corrected chi connectivity index (χ1v) is 9.14. The van der Waals surface area contributed by atoms with Gasteiger partial charge in [0.25, 0.3) is 10.0 Å². The Morgan fingerprint density at radius 1 is 0.909 bits per heavy atom. The molecule has 1 N–H and O–H groups in total. The Morgan fingerprint density at radius 3 is 2.18 bits per heavy atom. The van der Waals surface area contributed by atoms with Gasteiger partial charge in [0.2, 0.25) is 0 Å². The van der Waals surface area contributed by atoms with E-state index in [1.807, 2.05) is 0 Å². The molecule has 0 saturated heterocycles. The molecule has 2 aromatic carbocycles. The summed E-state index contributed by atoms with van der Waals surface area (Å²) in [6, 6.07) is 9.49. The summed E-state index contributed by atoms with van der Waals surface area (Å²) in [6.07, 6.45) is 0. The first-order valence-electron chi connectivity index (χ1n) is 6.07. The van der Waals surface area contributed by atoms with Crippen LogP contribution >= 0.6 is 31.9 Å². The molecule has 0 aromatic heterocycles. The predicted octanol–water partition coefficient (Wildman–Crippen LogP) is 4.03. The van der Waals surface area contributed by atoms with Gasteiger partial charge in [-0.3, -0.25) is 4.72 Å². The Bertz CT molecular complexity index is 793. The van der Waals surface area contributed by atoms with Crippen molar-refractivity contribution in [2.75, 3.05) is 18.9 Å². The van der Waals surface area contributed by atoms with E-state index in [1.54, 1.807) is 24.3 Å². The Hall–Kier alpha value is -1.25. The van der Waals surface area contributed by atoms with Crippen LogP contribution in [0.15, 0.2) is 50.2 Å². The van der Waals surface area contributed by atoms with Crippen molar-refractivity contribution in [3.05, 3.63) is 45.3 Å². The van der Waals surface area contributed by atoms with Crippen molar-refractivity contribution in [2.24, 2.45) is 0 Å². The zero-order chi connectivity index (χ0) is 16.3. The van der Waals surface area contributed by atoms with Crippen LogP contribution in [0, 0.1) is 0 Å². The lowest BCUT2D eigenvalue weighted by Gasteiger charge is -2.12. The van der Waals surface area contributed by atoms with Crippen molar-refractivity contribution in [1.29, 1.82) is 0 Å². The normalized spacial score (nSPS) is 11.1. The summed E-state index contributed by atoms with van der Waals surface area (Å²) in [7, 11) is -0.781. The summed E-state index contributed by atoms with van der Waals surface area (Å²) in [6.45, 7) is 0. The van der Waals surface area contributed by atoms with Crippen molar-refractivity contribution in [3.63, 3.8) is 0 Å². The summed E-state index contributed by atoms with van der Waals surface area (Å²) in [5.74, 6) is 0.815. The summed E-state index contributed by atoms with van der Waals surface area (Å²) >= 11 is 6.67. The number of halogens is 2. The lowest BCUT2D eigenvalue weighted by atomic mass is 10.3. The smallest absolute Gasteiger partial charge is 0.262 e. The second-order valence-corrected chi connectivity index (χ2v) is 7.64. The van der Waals surface area contributed by atoms with Crippen molar-refractivity contribution in [3.8, 4) is 11.5 Å². The third-order valence-electron chi connectivity index (χ3n) is 2.84. The monoisotopic (exact) mass is 449 g/mol. The zero-order valence-corrected chi connectivity index (χ0v) is 15.7. The molecule has 0 aliphatic rings. The number of benzene rings is 2. The quantitative estimate of drug-likeness (QED) is 0.746. The Balaban J connectivity index is 2.35. The molecule has 0 radical (unpaired) electrons. The van der Waals surface area contributed by atoms with Crippen LogP contribution in [0.25, 0.3) is 0 Å². The fourth-order valence-electron chi connectivity index (χ4n) is 1.76. The van der Waals surface area contributed by atoms with Crippen molar-refractivity contribution in [2.45, 2.75) is 4.90 Å². The molecule has 0 saturated carbocycles. The number of sulfonamides is 1. The molecule has 0 amide bonds. The van der Waals surface area contributed by atoms with Gasteiger partial charge >= 0.3 is 0 Å². The summed E-state index contributed by atoms with van der Waals surface area (Å²) in [5, 5.41) is 0. The SMILES string of the molecule is COc1ccc(S(=O)(=O)Nc2ccc(Br)c(Br)c2)cc1OC. The van der Waals surface area contributed by atoms with Crippen molar-refractivity contribution < 1.29 is 17.9 Å². The molecule has 0 aliphatic heterocycles. The van der Waals surface area contributed by atoms with Gasteiger partial charge in [0.05, 0.1) is 24.8 Å². The van der Waals surface area contributed by atoms with E-state index in [-0.39, 0.29) is 4.90 Å². The fraction of sp³-hybridized carbons (Fsp3) is 0.143. The molecular weight excluding hydrogens is 438 g/mol. The van der Waals surface area contributed by atoms with Gasteiger partial charge < -0.3 is 9.47 Å². The van der Waals surface area contributed by atoms with E-state index in [4.69, 9.17) is 9.47 Å². The molecule has 0 fully saturated rings. The minimum Gasteiger partial charge on any atom is -0.493 e. The second-order valence-electron chi connectivity index (χ2n) is 4.25. The van der Waals surface area contributed by atoms with E-state index in [0.29, 0.717) is 17.2 Å². The average molecular weight is 451 g/mol. The number of methoxy groups -OCH3 is 2. The Labute approximate surface area is 145 Å². The molecule has 0 spiro atoms. The molecule has 22 heavy (non-hydrogen) atoms. The van der Waals surface area contributed by atoms with Crippen LogP contribution in [0.4, 0.5) is 5.69 Å². The number of anilines is 1. The summed E-state index contributed by atoms with van der Waals surface area (Å²) < 4.78 is 39.2. The molecular formula is C14H13Br2NO4S. The molecule has 0 heterocycles. The minimum absolute atomic E-state index is 0.0872. The van der Waals surface area contributed by atoms with E-state index in [1.165, 1.54) is 26.4 Å². The minimum atomic E-state index is -3.72. The van der Waals surface area contributed by atoms with Gasteiger partial charge in [0, 0.05) is 15.0 Å². The highest BCUT2D eigenvalue weighted by molar-refractivity contribution is 9.13. The molecule has 2 aromatic rings. The number of hydrogen-bond donors (Lipinski definition) is 1. The van der Waals surface area contributed by atoms with Gasteiger partial charge in [-0.1, -0.05) is 0 Å². The maximum atomic E-state index is 12.4. The van der Waals surface area contributed by atoms with Gasteiger partial charge in [-0.25, -0.2) is 8.42 Å². The van der Waals surface area contributed by atoms with Gasteiger partial charge in [0.1, 0.15) is 0 Å². The molecule has 0 aliphatic carbocycles. The first-order chi connectivity index (χ1) is 10.4. The number of nitrogens with one attached hydrogen (secondary N) is 1. The van der Waals surface area contributed by atoms with Crippen LogP contribution in [0.5, 0.6) is 11.5 Å². The van der Waals surface area contributed by atoms with Gasteiger partial charge in [-0.15, -0.1) is 0 Å². The summed E-state index contributed by atoms with van der Waals surface area (Å²) in [5.41, 5.74) is 0.449. The first kappa shape index (κ1) is 17.1. The van der Waals surface area contributed by atoms with E-state index >= 15 is 0 Å². The molecule has 2 rings (SSSR count). The molecule has 5 nitrogen and oxygen atoms in total. The van der Waals surface area contributed by atoms with Crippen LogP contribution in [-0.2, 0) is 10.0 Å². The van der Waals surface area contributed by atoms with E-state index in [0.717, 1.165) is 8.95 Å². The van der Waals surface area contributed by atoms with E-state index < -0.39 is 10.0 Å². The lowest BCUT2D eigenvalue weighted by Crippen LogP contribution is -2.13. The molecule has 0 unspecified atom stereocenters. The standard InChI is InChI=1S/C14H13Br2NO4S/c1-20-13-6-4-10(8-14(13)21-2)22(18,19)17-9-3-5-11(15)12(16)7-9/h3-8,17H,1-2H3. The van der Waals surface area contributed by atoms with Crippen LogP contribution in [0.3, 0.4) is 0 Å². The van der Waals surface area contributed by atoms with E-state index in [2.05, 4.69) is 36.6 Å². The lowest BCUT2D eigenvalue weighted by molar-refractivity contribution is 0.354. The third kappa shape index (κ3) is 3.74. The largest absolute Gasteiger partial charge is 0.493 e. The third-order valence-corrected chi connectivity index (χ3v) is 6.10. The highest BCUT2D eigenvalue weighted by Crippen LogP contribution is 2.31. The molecule has 0 bridgehead atoms. The number of rotatable bonds is 5. The van der Waals surface area contributed by atoms with Crippen molar-refractivity contribution >= 4 is 47.6 Å². The van der Waals surface area contributed by atoms with Crippen LogP contribution < -0.4 is 14.2 Å².